The van der Waals surface area contributed by atoms with E-state index in [9.17, 15) is 4.79 Å². The van der Waals surface area contributed by atoms with E-state index < -0.39 is 0 Å². The van der Waals surface area contributed by atoms with Crippen LogP contribution in [0.15, 0.2) is 0 Å². The van der Waals surface area contributed by atoms with E-state index in [1.807, 2.05) is 13.8 Å². The van der Waals surface area contributed by atoms with Crippen molar-refractivity contribution in [3.8, 4) is 0 Å². The third-order valence-corrected chi connectivity index (χ3v) is 2.49. The maximum absolute atomic E-state index is 11.2. The molecule has 1 amide bonds. The molecule has 0 fully saturated rings. The first-order chi connectivity index (χ1) is 7.47. The first-order valence-electron chi connectivity index (χ1n) is 5.55. The van der Waals surface area contributed by atoms with Gasteiger partial charge in [0, 0.05) is 38.8 Å². The van der Waals surface area contributed by atoms with Crippen molar-refractivity contribution in [1.82, 2.24) is 10.6 Å². The highest BCUT2D eigenvalue weighted by Crippen LogP contribution is 2.11. The molecule has 0 aromatic carbocycles. The van der Waals surface area contributed by atoms with E-state index in [2.05, 4.69) is 10.6 Å². The van der Waals surface area contributed by atoms with Crippen molar-refractivity contribution in [3.05, 3.63) is 0 Å². The summed E-state index contributed by atoms with van der Waals surface area (Å²) in [5.74, 6) is 0.00349. The zero-order chi connectivity index (χ0) is 12.6. The normalized spacial score (nSPS) is 16.6. The van der Waals surface area contributed by atoms with Crippen LogP contribution in [0.1, 0.15) is 26.7 Å². The minimum Gasteiger partial charge on any atom is -0.396 e. The molecule has 3 N–H and O–H groups in total. The summed E-state index contributed by atoms with van der Waals surface area (Å²) in [6.07, 6.45) is 1.01. The molecule has 2 unspecified atom stereocenters. The van der Waals surface area contributed by atoms with Crippen molar-refractivity contribution in [1.29, 1.82) is 0 Å². The van der Waals surface area contributed by atoms with E-state index in [1.165, 1.54) is 0 Å². The molecule has 96 valence electrons. The molecule has 5 nitrogen and oxygen atoms in total. The topological polar surface area (TPSA) is 70.6 Å². The summed E-state index contributed by atoms with van der Waals surface area (Å²) in [4.78, 5) is 11.2. The van der Waals surface area contributed by atoms with Gasteiger partial charge in [0.05, 0.1) is 6.61 Å². The molecule has 0 aromatic heterocycles. The first kappa shape index (κ1) is 15.3. The lowest BCUT2D eigenvalue weighted by Gasteiger charge is -2.32. The summed E-state index contributed by atoms with van der Waals surface area (Å²) >= 11 is 0. The smallest absolute Gasteiger partial charge is 0.221 e. The van der Waals surface area contributed by atoms with E-state index in [-0.39, 0.29) is 24.1 Å². The fourth-order valence-corrected chi connectivity index (χ4v) is 1.78. The molecule has 0 heterocycles. The summed E-state index contributed by atoms with van der Waals surface area (Å²) in [6.45, 7) is 4.53. The van der Waals surface area contributed by atoms with Crippen molar-refractivity contribution >= 4 is 5.91 Å². The molecule has 5 heteroatoms. The van der Waals surface area contributed by atoms with Gasteiger partial charge >= 0.3 is 0 Å². The van der Waals surface area contributed by atoms with Crippen molar-refractivity contribution in [2.24, 2.45) is 0 Å². The van der Waals surface area contributed by atoms with Gasteiger partial charge in [-0.2, -0.15) is 0 Å². The quantitative estimate of drug-likeness (QED) is 0.546. The third kappa shape index (κ3) is 6.05. The maximum atomic E-state index is 11.2. The van der Waals surface area contributed by atoms with Gasteiger partial charge in [-0.15, -0.1) is 0 Å². The third-order valence-electron chi connectivity index (χ3n) is 2.49. The number of rotatable bonds is 8. The van der Waals surface area contributed by atoms with Crippen LogP contribution in [0.2, 0.25) is 0 Å². The van der Waals surface area contributed by atoms with Crippen molar-refractivity contribution < 1.29 is 14.6 Å². The van der Waals surface area contributed by atoms with Crippen LogP contribution in [0, 0.1) is 0 Å². The van der Waals surface area contributed by atoms with E-state index >= 15 is 0 Å². The zero-order valence-corrected chi connectivity index (χ0v) is 10.7. The molecular formula is C11H24N2O3. The Hall–Kier alpha value is -0.650. The van der Waals surface area contributed by atoms with Gasteiger partial charge in [0.25, 0.3) is 0 Å². The number of nitrogens with one attached hydrogen (secondary N) is 2. The number of amides is 1. The Labute approximate surface area is 97.6 Å². The van der Waals surface area contributed by atoms with Crippen LogP contribution in [-0.2, 0) is 9.53 Å². The Kier molecular flexibility index (Phi) is 7.29. The predicted octanol–water partition coefficient (Wildman–Crippen LogP) is -0.112. The minimum atomic E-state index is -0.295. The fourth-order valence-electron chi connectivity index (χ4n) is 1.78. The van der Waals surface area contributed by atoms with Gasteiger partial charge in [0.1, 0.15) is 0 Å². The molecule has 0 radical (unpaired) electrons. The molecule has 16 heavy (non-hydrogen) atoms. The summed E-state index contributed by atoms with van der Waals surface area (Å²) in [5.41, 5.74) is -0.295. The zero-order valence-electron chi connectivity index (χ0n) is 10.7. The largest absolute Gasteiger partial charge is 0.396 e. The maximum Gasteiger partial charge on any atom is 0.221 e. The Bertz CT molecular complexity index is 203. The molecule has 0 spiro atoms. The lowest BCUT2D eigenvalue weighted by atomic mass is 9.97. The van der Waals surface area contributed by atoms with E-state index in [4.69, 9.17) is 9.84 Å². The second-order valence-corrected chi connectivity index (χ2v) is 4.39. The van der Waals surface area contributed by atoms with Gasteiger partial charge in [-0.1, -0.05) is 0 Å². The van der Waals surface area contributed by atoms with Gasteiger partial charge in [-0.3, -0.25) is 4.79 Å². The minimum absolute atomic E-state index is 0.00349. The molecule has 2 atom stereocenters. The highest BCUT2D eigenvalue weighted by molar-refractivity contribution is 5.76. The number of hydrogen-bond donors (Lipinski definition) is 3. The molecule has 0 rings (SSSR count). The molecule has 0 saturated carbocycles. The van der Waals surface area contributed by atoms with Gasteiger partial charge in [0.2, 0.25) is 5.91 Å². The average Bonchev–Trinajstić information content (AvgIpc) is 2.17. The molecule has 0 aliphatic heterocycles. The second-order valence-electron chi connectivity index (χ2n) is 4.39. The Morgan fingerprint density at radius 3 is 2.62 bits per heavy atom. The van der Waals surface area contributed by atoms with Crippen LogP contribution >= 0.6 is 0 Å². The highest BCUT2D eigenvalue weighted by Gasteiger charge is 2.25. The van der Waals surface area contributed by atoms with E-state index in [0.29, 0.717) is 19.4 Å². The Morgan fingerprint density at radius 1 is 1.56 bits per heavy atom. The van der Waals surface area contributed by atoms with Crippen LogP contribution in [0.5, 0.6) is 0 Å². The van der Waals surface area contributed by atoms with Crippen LogP contribution in [0.4, 0.5) is 0 Å². The predicted molar refractivity (Wildman–Crippen MR) is 63.3 cm³/mol. The van der Waals surface area contributed by atoms with Gasteiger partial charge in [-0.05, 0) is 20.3 Å². The molecule has 0 bridgehead atoms. The molecule has 0 aliphatic carbocycles. The second kappa shape index (κ2) is 7.60. The Balaban J connectivity index is 4.21. The highest BCUT2D eigenvalue weighted by atomic mass is 16.5. The summed E-state index contributed by atoms with van der Waals surface area (Å²) in [5, 5.41) is 14.9. The monoisotopic (exact) mass is 232 g/mol. The number of ether oxygens (including phenoxy) is 1. The van der Waals surface area contributed by atoms with Crippen LogP contribution in [0.3, 0.4) is 0 Å². The van der Waals surface area contributed by atoms with Crippen molar-refractivity contribution in [2.75, 3.05) is 27.4 Å². The standard InChI is InChI=1S/C11H24N2O3/c1-9(7-10(15)12-3)13-11(2,5-6-14)8-16-4/h9,13-14H,5-8H2,1-4H3,(H,12,15). The van der Waals surface area contributed by atoms with Gasteiger partial charge < -0.3 is 20.5 Å². The number of carbonyl (C=O) groups excluding carboxylic acids is 1. The lowest BCUT2D eigenvalue weighted by molar-refractivity contribution is -0.121. The van der Waals surface area contributed by atoms with Crippen LogP contribution in [-0.4, -0.2) is 50.0 Å². The number of aliphatic hydroxyl groups is 1. The van der Waals surface area contributed by atoms with E-state index in [1.54, 1.807) is 14.2 Å². The van der Waals surface area contributed by atoms with E-state index in [0.717, 1.165) is 0 Å². The van der Waals surface area contributed by atoms with Gasteiger partial charge in [-0.25, -0.2) is 0 Å². The summed E-state index contributed by atoms with van der Waals surface area (Å²) < 4.78 is 5.12. The van der Waals surface area contributed by atoms with Crippen LogP contribution < -0.4 is 10.6 Å². The number of methoxy groups -OCH3 is 1. The average molecular weight is 232 g/mol. The van der Waals surface area contributed by atoms with Crippen molar-refractivity contribution in [2.45, 2.75) is 38.3 Å². The number of aliphatic hydroxyl groups excluding tert-OH is 1. The van der Waals surface area contributed by atoms with Crippen molar-refractivity contribution in [3.63, 3.8) is 0 Å². The summed E-state index contributed by atoms with van der Waals surface area (Å²) in [7, 11) is 3.25. The molecular weight excluding hydrogens is 208 g/mol. The molecule has 0 aromatic rings. The number of hydrogen-bond acceptors (Lipinski definition) is 4. The molecule has 0 saturated heterocycles. The van der Waals surface area contributed by atoms with Crippen LogP contribution in [0.25, 0.3) is 0 Å². The number of carbonyl (C=O) groups is 1. The SMILES string of the molecule is CNC(=O)CC(C)NC(C)(CCO)COC. The fraction of sp³-hybridized carbons (Fsp3) is 0.909. The molecule has 0 aliphatic rings. The summed E-state index contributed by atoms with van der Waals surface area (Å²) in [6, 6.07) is 0.0478. The Morgan fingerprint density at radius 2 is 2.19 bits per heavy atom. The lowest BCUT2D eigenvalue weighted by Crippen LogP contribution is -2.51. The van der Waals surface area contributed by atoms with Gasteiger partial charge in [0.15, 0.2) is 0 Å². The first-order valence-corrected chi connectivity index (χ1v) is 5.55.